The number of carbonyl (C=O) groups is 4. The number of Topliss-reactive ketones (excluding diaryl/α,β-unsaturated/α-hetero) is 1. The fraction of sp³-hybridized carbons (Fsp3) is 0.231. The summed E-state index contributed by atoms with van der Waals surface area (Å²) in [6, 6.07) is 12.5. The van der Waals surface area contributed by atoms with E-state index in [0.717, 1.165) is 16.3 Å². The first-order valence-electron chi connectivity index (χ1n) is 11.3. The van der Waals surface area contributed by atoms with E-state index in [1.807, 2.05) is 29.7 Å². The Morgan fingerprint density at radius 2 is 1.56 bits per heavy atom. The second-order valence-corrected chi connectivity index (χ2v) is 8.38. The molecule has 36 heavy (non-hydrogen) atoms. The second kappa shape index (κ2) is 8.88. The molecule has 0 saturated carbocycles. The SMILES string of the molecule is COc1ccc(N2C(=O)C(=O)N(CC(=O)c3cc(C)n(-c4ccc5c(c4)OCCO5)c3C)C2=O)cc1. The number of aromatic nitrogens is 1. The van der Waals surface area contributed by atoms with Gasteiger partial charge in [-0.25, -0.2) is 14.6 Å². The van der Waals surface area contributed by atoms with Gasteiger partial charge >= 0.3 is 17.8 Å². The number of methoxy groups -OCH3 is 1. The molecule has 0 aliphatic carbocycles. The first-order chi connectivity index (χ1) is 17.3. The lowest BCUT2D eigenvalue weighted by atomic mass is 10.1. The largest absolute Gasteiger partial charge is 0.497 e. The van der Waals surface area contributed by atoms with Crippen molar-refractivity contribution in [3.8, 4) is 22.9 Å². The van der Waals surface area contributed by atoms with Crippen LogP contribution in [0.1, 0.15) is 21.7 Å². The number of amides is 4. The van der Waals surface area contributed by atoms with Crippen LogP contribution in [-0.2, 0) is 9.59 Å². The van der Waals surface area contributed by atoms with E-state index in [1.165, 1.54) is 19.2 Å². The van der Waals surface area contributed by atoms with Crippen molar-refractivity contribution in [1.82, 2.24) is 9.47 Å². The van der Waals surface area contributed by atoms with Crippen molar-refractivity contribution in [2.24, 2.45) is 0 Å². The van der Waals surface area contributed by atoms with Crippen molar-refractivity contribution in [2.45, 2.75) is 13.8 Å². The Bertz CT molecular complexity index is 1410. The molecular formula is C26H23N3O7. The van der Waals surface area contributed by atoms with Crippen molar-refractivity contribution < 1.29 is 33.4 Å². The molecule has 184 valence electrons. The average molecular weight is 489 g/mol. The van der Waals surface area contributed by atoms with E-state index in [-0.39, 0.29) is 5.69 Å². The highest BCUT2D eigenvalue weighted by Crippen LogP contribution is 2.34. The fourth-order valence-electron chi connectivity index (χ4n) is 4.45. The van der Waals surface area contributed by atoms with Gasteiger partial charge in [-0.1, -0.05) is 0 Å². The molecule has 2 aliphatic rings. The zero-order valence-electron chi connectivity index (χ0n) is 19.9. The molecule has 1 saturated heterocycles. The number of fused-ring (bicyclic) bond motifs is 1. The molecule has 1 aromatic heterocycles. The van der Waals surface area contributed by atoms with Gasteiger partial charge in [0.05, 0.1) is 19.3 Å². The molecule has 0 unspecified atom stereocenters. The lowest BCUT2D eigenvalue weighted by Crippen LogP contribution is -2.37. The monoisotopic (exact) mass is 489 g/mol. The Morgan fingerprint density at radius 1 is 0.889 bits per heavy atom. The van der Waals surface area contributed by atoms with Crippen LogP contribution in [0.25, 0.3) is 5.69 Å². The first kappa shape index (κ1) is 23.2. The van der Waals surface area contributed by atoms with Gasteiger partial charge in [0.15, 0.2) is 17.3 Å². The number of urea groups is 1. The Hall–Kier alpha value is -4.60. The predicted octanol–water partition coefficient (Wildman–Crippen LogP) is 3.05. The number of carbonyl (C=O) groups excluding carboxylic acids is 4. The summed E-state index contributed by atoms with van der Waals surface area (Å²) >= 11 is 0. The maximum Gasteiger partial charge on any atom is 0.339 e. The maximum absolute atomic E-state index is 13.2. The highest BCUT2D eigenvalue weighted by molar-refractivity contribution is 6.53. The summed E-state index contributed by atoms with van der Waals surface area (Å²) in [7, 11) is 1.49. The first-order valence-corrected chi connectivity index (χ1v) is 11.3. The molecule has 0 radical (unpaired) electrons. The fourth-order valence-corrected chi connectivity index (χ4v) is 4.45. The summed E-state index contributed by atoms with van der Waals surface area (Å²) in [5.74, 6) is -0.725. The minimum absolute atomic E-state index is 0.214. The van der Waals surface area contributed by atoms with Crippen LogP contribution < -0.4 is 19.1 Å². The van der Waals surface area contributed by atoms with Crippen molar-refractivity contribution in [2.75, 3.05) is 31.8 Å². The van der Waals surface area contributed by atoms with Gasteiger partial charge in [0.1, 0.15) is 19.0 Å². The van der Waals surface area contributed by atoms with Crippen LogP contribution in [0.15, 0.2) is 48.5 Å². The van der Waals surface area contributed by atoms with Crippen LogP contribution in [0, 0.1) is 13.8 Å². The highest BCUT2D eigenvalue weighted by atomic mass is 16.6. The van der Waals surface area contributed by atoms with Crippen LogP contribution in [0.3, 0.4) is 0 Å². The predicted molar refractivity (Wildman–Crippen MR) is 128 cm³/mol. The number of hydrogen-bond acceptors (Lipinski definition) is 7. The van der Waals surface area contributed by atoms with Crippen LogP contribution in [0.4, 0.5) is 10.5 Å². The molecule has 5 rings (SSSR count). The van der Waals surface area contributed by atoms with Crippen molar-refractivity contribution in [1.29, 1.82) is 0 Å². The molecule has 0 N–H and O–H groups in total. The van der Waals surface area contributed by atoms with Gasteiger partial charge in [0.2, 0.25) is 0 Å². The molecule has 2 aromatic carbocycles. The summed E-state index contributed by atoms with van der Waals surface area (Å²) in [6.07, 6.45) is 0. The topological polar surface area (TPSA) is 107 Å². The molecule has 0 atom stereocenters. The van der Waals surface area contributed by atoms with Gasteiger partial charge in [-0.15, -0.1) is 0 Å². The molecule has 4 amide bonds. The number of aryl methyl sites for hydroxylation is 1. The Morgan fingerprint density at radius 3 is 2.25 bits per heavy atom. The standard InChI is InChI=1S/C26H23N3O7/c1-15-12-20(16(2)28(15)18-6-9-22-23(13-18)36-11-10-35-22)21(30)14-27-24(31)25(32)29(26(27)33)17-4-7-19(34-3)8-5-17/h4-9,12-13H,10-11,14H2,1-3H3. The normalized spacial score (nSPS) is 15.0. The van der Waals surface area contributed by atoms with E-state index in [9.17, 15) is 19.2 Å². The summed E-state index contributed by atoms with van der Waals surface area (Å²) in [6.45, 7) is 4.01. The Balaban J connectivity index is 1.39. The van der Waals surface area contributed by atoms with Crippen LogP contribution in [0.2, 0.25) is 0 Å². The number of ketones is 1. The molecule has 1 fully saturated rings. The molecular weight excluding hydrogens is 466 g/mol. The molecule has 3 aromatic rings. The highest BCUT2D eigenvalue weighted by Gasteiger charge is 2.46. The van der Waals surface area contributed by atoms with Crippen molar-refractivity contribution in [3.05, 3.63) is 65.5 Å². The quantitative estimate of drug-likeness (QED) is 0.298. The Labute approximate surface area is 206 Å². The second-order valence-electron chi connectivity index (χ2n) is 8.38. The van der Waals surface area contributed by atoms with Gasteiger partial charge in [-0.3, -0.25) is 14.4 Å². The van der Waals surface area contributed by atoms with E-state index in [2.05, 4.69) is 0 Å². The smallest absolute Gasteiger partial charge is 0.339 e. The van der Waals surface area contributed by atoms with Gasteiger partial charge in [-0.05, 0) is 56.3 Å². The zero-order chi connectivity index (χ0) is 25.6. The minimum Gasteiger partial charge on any atom is -0.497 e. The van der Waals surface area contributed by atoms with Crippen LogP contribution in [-0.4, -0.2) is 60.0 Å². The summed E-state index contributed by atoms with van der Waals surface area (Å²) in [5, 5.41) is 0. The number of imide groups is 2. The third kappa shape index (κ3) is 3.76. The van der Waals surface area contributed by atoms with Gasteiger partial charge < -0.3 is 18.8 Å². The van der Waals surface area contributed by atoms with Gasteiger partial charge in [-0.2, -0.15) is 0 Å². The lowest BCUT2D eigenvalue weighted by Gasteiger charge is -2.20. The van der Waals surface area contributed by atoms with E-state index in [1.54, 1.807) is 25.1 Å². The number of anilines is 1. The molecule has 0 spiro atoms. The summed E-state index contributed by atoms with van der Waals surface area (Å²) in [4.78, 5) is 52.8. The van der Waals surface area contributed by atoms with Crippen LogP contribution >= 0.6 is 0 Å². The number of benzene rings is 2. The van der Waals surface area contributed by atoms with Gasteiger partial charge in [0, 0.05) is 28.7 Å². The zero-order valence-corrected chi connectivity index (χ0v) is 19.9. The van der Waals surface area contributed by atoms with Crippen molar-refractivity contribution in [3.63, 3.8) is 0 Å². The van der Waals surface area contributed by atoms with Crippen LogP contribution in [0.5, 0.6) is 17.2 Å². The number of rotatable bonds is 6. The molecule has 3 heterocycles. The number of hydrogen-bond donors (Lipinski definition) is 0. The molecule has 0 bridgehead atoms. The number of nitrogens with zero attached hydrogens (tertiary/aromatic N) is 3. The van der Waals surface area contributed by atoms with Gasteiger partial charge in [0.25, 0.3) is 0 Å². The van der Waals surface area contributed by atoms with E-state index in [0.29, 0.717) is 46.6 Å². The summed E-state index contributed by atoms with van der Waals surface area (Å²) < 4.78 is 18.2. The number of ether oxygens (including phenoxy) is 3. The summed E-state index contributed by atoms with van der Waals surface area (Å²) in [5.41, 5.74) is 2.75. The third-order valence-corrected chi connectivity index (χ3v) is 6.20. The average Bonchev–Trinajstić information content (AvgIpc) is 3.30. The Kier molecular flexibility index (Phi) is 5.71. The minimum atomic E-state index is -1.05. The maximum atomic E-state index is 13.2. The molecule has 10 heteroatoms. The molecule has 10 nitrogen and oxygen atoms in total. The van der Waals surface area contributed by atoms with Crippen molar-refractivity contribution >= 4 is 29.3 Å². The third-order valence-electron chi connectivity index (χ3n) is 6.20. The van der Waals surface area contributed by atoms with E-state index < -0.39 is 30.2 Å². The lowest BCUT2D eigenvalue weighted by molar-refractivity contribution is -0.139. The van der Waals surface area contributed by atoms with E-state index >= 15 is 0 Å². The van der Waals surface area contributed by atoms with E-state index in [4.69, 9.17) is 14.2 Å². The molecule has 2 aliphatic heterocycles.